The zero-order valence-electron chi connectivity index (χ0n) is 19.7. The van der Waals surface area contributed by atoms with E-state index in [1.807, 2.05) is 23.6 Å². The number of pyridine rings is 1. The molecule has 0 radical (unpaired) electrons. The number of esters is 1. The van der Waals surface area contributed by atoms with Crippen molar-refractivity contribution in [3.63, 3.8) is 0 Å². The Balaban J connectivity index is 1.73. The lowest BCUT2D eigenvalue weighted by molar-refractivity contribution is -0.127. The number of anilines is 1. The van der Waals surface area contributed by atoms with Gasteiger partial charge in [-0.15, -0.1) is 11.3 Å². The van der Waals surface area contributed by atoms with Gasteiger partial charge >= 0.3 is 5.97 Å². The summed E-state index contributed by atoms with van der Waals surface area (Å²) in [4.78, 5) is 46.1. The van der Waals surface area contributed by atoms with Crippen molar-refractivity contribution in [2.45, 2.75) is 50.6 Å². The molecule has 0 unspecified atom stereocenters. The van der Waals surface area contributed by atoms with E-state index >= 15 is 0 Å². The molecule has 182 valence electrons. The minimum absolute atomic E-state index is 0.0892. The van der Waals surface area contributed by atoms with Crippen LogP contribution in [0.1, 0.15) is 58.9 Å². The van der Waals surface area contributed by atoms with Gasteiger partial charge in [0.15, 0.2) is 0 Å². The maximum absolute atomic E-state index is 13.8. The summed E-state index contributed by atoms with van der Waals surface area (Å²) in [5, 5.41) is 5.11. The molecule has 1 N–H and O–H groups in total. The smallest absolute Gasteiger partial charge is 0.337 e. The maximum atomic E-state index is 13.8. The Bertz CT molecular complexity index is 1130. The van der Waals surface area contributed by atoms with E-state index in [9.17, 15) is 14.4 Å². The van der Waals surface area contributed by atoms with Gasteiger partial charge in [-0.3, -0.25) is 19.5 Å². The van der Waals surface area contributed by atoms with Crippen LogP contribution in [-0.4, -0.2) is 35.9 Å². The Labute approximate surface area is 209 Å². The van der Waals surface area contributed by atoms with Crippen molar-refractivity contribution in [2.75, 3.05) is 12.0 Å². The van der Waals surface area contributed by atoms with Crippen LogP contribution in [0.25, 0.3) is 0 Å². The Morgan fingerprint density at radius 2 is 1.86 bits per heavy atom. The minimum atomic E-state index is -0.901. The van der Waals surface area contributed by atoms with Crippen LogP contribution in [0.4, 0.5) is 5.69 Å². The molecule has 0 bridgehead atoms. The second-order valence-electron chi connectivity index (χ2n) is 8.59. The standard InChI is InChI=1S/C27H29N3O4S/c1-34-27(33)19-11-13-22(14-12-19)30(24(31)17-23-10-6-16-35-23)25(20-7-5-15-28-18-20)26(32)29-21-8-3-2-4-9-21/h5-7,10-16,18,21,25H,2-4,8-9,17H2,1H3,(H,29,32)/t25-/m0/s1. The third-order valence-corrected chi connectivity index (χ3v) is 7.08. The van der Waals surface area contributed by atoms with Gasteiger partial charge in [-0.05, 0) is 54.6 Å². The van der Waals surface area contributed by atoms with Crippen LogP contribution in [0, 0.1) is 0 Å². The fourth-order valence-corrected chi connectivity index (χ4v) is 5.14. The van der Waals surface area contributed by atoms with E-state index in [-0.39, 0.29) is 24.3 Å². The molecule has 1 saturated carbocycles. The van der Waals surface area contributed by atoms with Crippen LogP contribution in [0.5, 0.6) is 0 Å². The second-order valence-corrected chi connectivity index (χ2v) is 9.62. The fraction of sp³-hybridized carbons (Fsp3) is 0.333. The lowest BCUT2D eigenvalue weighted by Gasteiger charge is -2.33. The second kappa shape index (κ2) is 11.8. The number of nitrogens with zero attached hydrogens (tertiary/aromatic N) is 2. The number of carbonyl (C=O) groups excluding carboxylic acids is 3. The zero-order valence-corrected chi connectivity index (χ0v) is 20.5. The molecule has 2 amide bonds. The minimum Gasteiger partial charge on any atom is -0.465 e. The van der Waals surface area contributed by atoms with E-state index in [1.165, 1.54) is 29.8 Å². The van der Waals surface area contributed by atoms with Crippen molar-refractivity contribution in [1.29, 1.82) is 0 Å². The van der Waals surface area contributed by atoms with Crippen molar-refractivity contribution >= 4 is 34.8 Å². The van der Waals surface area contributed by atoms with E-state index in [0.717, 1.165) is 30.6 Å². The molecular formula is C27H29N3O4S. The normalized spacial score (nSPS) is 14.7. The predicted molar refractivity (Wildman–Crippen MR) is 135 cm³/mol. The molecule has 2 aromatic heterocycles. The summed E-state index contributed by atoms with van der Waals surface area (Å²) in [5.74, 6) is -0.917. The van der Waals surface area contributed by atoms with Crippen LogP contribution in [0.3, 0.4) is 0 Å². The Hall–Kier alpha value is -3.52. The van der Waals surface area contributed by atoms with E-state index in [0.29, 0.717) is 16.8 Å². The highest BCUT2D eigenvalue weighted by molar-refractivity contribution is 7.10. The highest BCUT2D eigenvalue weighted by Gasteiger charge is 2.34. The molecule has 0 saturated heterocycles. The van der Waals surface area contributed by atoms with Gasteiger partial charge in [0.1, 0.15) is 6.04 Å². The number of nitrogens with one attached hydrogen (secondary N) is 1. The maximum Gasteiger partial charge on any atom is 0.337 e. The molecule has 1 aliphatic carbocycles. The monoisotopic (exact) mass is 491 g/mol. The number of hydrogen-bond acceptors (Lipinski definition) is 6. The zero-order chi connectivity index (χ0) is 24.6. The molecule has 8 heteroatoms. The van der Waals surface area contributed by atoms with Gasteiger partial charge in [-0.1, -0.05) is 31.4 Å². The van der Waals surface area contributed by atoms with E-state index in [2.05, 4.69) is 10.3 Å². The quantitative estimate of drug-likeness (QED) is 0.462. The number of rotatable bonds is 8. The summed E-state index contributed by atoms with van der Waals surface area (Å²) in [6.07, 6.45) is 8.63. The molecule has 3 aromatic rings. The molecule has 35 heavy (non-hydrogen) atoms. The van der Waals surface area contributed by atoms with Gasteiger partial charge in [-0.25, -0.2) is 4.79 Å². The summed E-state index contributed by atoms with van der Waals surface area (Å²) in [7, 11) is 1.32. The number of carbonyl (C=O) groups is 3. The van der Waals surface area contributed by atoms with Gasteiger partial charge in [0.2, 0.25) is 11.8 Å². The Morgan fingerprint density at radius 3 is 2.49 bits per heavy atom. The summed E-state index contributed by atoms with van der Waals surface area (Å²) in [6.45, 7) is 0. The molecule has 0 aliphatic heterocycles. The van der Waals surface area contributed by atoms with E-state index < -0.39 is 12.0 Å². The first-order chi connectivity index (χ1) is 17.1. The average molecular weight is 492 g/mol. The van der Waals surface area contributed by atoms with Crippen LogP contribution in [0.15, 0.2) is 66.3 Å². The summed E-state index contributed by atoms with van der Waals surface area (Å²) < 4.78 is 4.80. The molecule has 4 rings (SSSR count). The first kappa shape index (κ1) is 24.6. The molecule has 1 aliphatic rings. The first-order valence-electron chi connectivity index (χ1n) is 11.8. The number of methoxy groups -OCH3 is 1. The Kier molecular flexibility index (Phi) is 8.26. The van der Waals surface area contributed by atoms with Crippen molar-refractivity contribution < 1.29 is 19.1 Å². The van der Waals surface area contributed by atoms with Gasteiger partial charge in [-0.2, -0.15) is 0 Å². The third-order valence-electron chi connectivity index (χ3n) is 6.20. The highest BCUT2D eigenvalue weighted by Crippen LogP contribution is 2.30. The average Bonchev–Trinajstić information content (AvgIpc) is 3.41. The first-order valence-corrected chi connectivity index (χ1v) is 12.7. The van der Waals surface area contributed by atoms with Crippen molar-refractivity contribution in [1.82, 2.24) is 10.3 Å². The van der Waals surface area contributed by atoms with Crippen LogP contribution >= 0.6 is 11.3 Å². The molecule has 7 nitrogen and oxygen atoms in total. The molecule has 1 fully saturated rings. The summed E-state index contributed by atoms with van der Waals surface area (Å²) in [5.41, 5.74) is 1.51. The number of benzene rings is 1. The van der Waals surface area contributed by atoms with Crippen molar-refractivity contribution in [2.24, 2.45) is 0 Å². The number of ether oxygens (including phenoxy) is 1. The van der Waals surface area contributed by atoms with Crippen molar-refractivity contribution in [3.05, 3.63) is 82.3 Å². The highest BCUT2D eigenvalue weighted by atomic mass is 32.1. The van der Waals surface area contributed by atoms with E-state index in [1.54, 1.807) is 42.7 Å². The number of amides is 2. The third kappa shape index (κ3) is 6.14. The van der Waals surface area contributed by atoms with Crippen LogP contribution in [-0.2, 0) is 20.7 Å². The predicted octanol–water partition coefficient (Wildman–Crippen LogP) is 4.70. The van der Waals surface area contributed by atoms with Crippen molar-refractivity contribution in [3.8, 4) is 0 Å². The molecule has 1 aromatic carbocycles. The van der Waals surface area contributed by atoms with Gasteiger partial charge < -0.3 is 10.1 Å². The topological polar surface area (TPSA) is 88.6 Å². The van der Waals surface area contributed by atoms with Gasteiger partial charge in [0.25, 0.3) is 0 Å². The van der Waals surface area contributed by atoms with E-state index in [4.69, 9.17) is 4.74 Å². The van der Waals surface area contributed by atoms with Crippen LogP contribution < -0.4 is 10.2 Å². The largest absolute Gasteiger partial charge is 0.465 e. The lowest BCUT2D eigenvalue weighted by Crippen LogP contribution is -2.47. The lowest BCUT2D eigenvalue weighted by atomic mass is 9.94. The Morgan fingerprint density at radius 1 is 1.09 bits per heavy atom. The number of aromatic nitrogens is 1. The molecule has 0 spiro atoms. The SMILES string of the molecule is COC(=O)c1ccc(N(C(=O)Cc2cccs2)[C@H](C(=O)NC2CCCCC2)c2cccnc2)cc1. The number of thiophene rings is 1. The van der Waals surface area contributed by atoms with Gasteiger partial charge in [0.05, 0.1) is 19.1 Å². The number of hydrogen-bond donors (Lipinski definition) is 1. The summed E-state index contributed by atoms with van der Waals surface area (Å²) >= 11 is 1.50. The van der Waals surface area contributed by atoms with Crippen LogP contribution in [0.2, 0.25) is 0 Å². The summed E-state index contributed by atoms with van der Waals surface area (Å²) in [6, 6.07) is 13.1. The fourth-order valence-electron chi connectivity index (χ4n) is 4.44. The molecule has 1 atom stereocenters. The van der Waals surface area contributed by atoms with Gasteiger partial charge in [0, 0.05) is 34.6 Å². The molecule has 2 heterocycles. The molecular weight excluding hydrogens is 462 g/mol.